The Bertz CT molecular complexity index is 637. The molecule has 0 spiro atoms. The Kier molecular flexibility index (Phi) is 2.41. The molecule has 0 unspecified atom stereocenters. The van der Waals surface area contributed by atoms with Gasteiger partial charge >= 0.3 is 10.4 Å². The van der Waals surface area contributed by atoms with Gasteiger partial charge in [-0.05, 0) is 12.1 Å². The number of aromatic hydroxyl groups is 1. The van der Waals surface area contributed by atoms with E-state index >= 15 is 0 Å². The SMILES string of the molecule is O=S(=O)(O)Oc1nc2ccccc2cc1O. The quantitative estimate of drug-likeness (QED) is 0.765. The van der Waals surface area contributed by atoms with Crippen LogP contribution >= 0.6 is 0 Å². The predicted molar refractivity (Wildman–Crippen MR) is 55.6 cm³/mol. The van der Waals surface area contributed by atoms with Crippen molar-refractivity contribution in [2.75, 3.05) is 0 Å². The highest BCUT2D eigenvalue weighted by molar-refractivity contribution is 7.81. The standard InChI is InChI=1S/C9H7NO5S/c11-8-5-6-3-1-2-4-7(6)10-9(8)15-16(12,13)14/h1-5,11H,(H,12,13,14). The minimum absolute atomic E-state index is 0.443. The van der Waals surface area contributed by atoms with Crippen LogP contribution in [-0.2, 0) is 10.4 Å². The van der Waals surface area contributed by atoms with Crippen molar-refractivity contribution in [3.05, 3.63) is 30.3 Å². The molecule has 2 rings (SSSR count). The van der Waals surface area contributed by atoms with Gasteiger partial charge < -0.3 is 9.29 Å². The fraction of sp³-hybridized carbons (Fsp3) is 0. The van der Waals surface area contributed by atoms with Crippen molar-refractivity contribution in [2.24, 2.45) is 0 Å². The highest BCUT2D eigenvalue weighted by Crippen LogP contribution is 2.28. The van der Waals surface area contributed by atoms with E-state index in [1.54, 1.807) is 24.3 Å². The summed E-state index contributed by atoms with van der Waals surface area (Å²) in [4.78, 5) is 3.75. The van der Waals surface area contributed by atoms with E-state index in [0.717, 1.165) is 0 Å². The largest absolute Gasteiger partial charge is 0.503 e. The van der Waals surface area contributed by atoms with Crippen molar-refractivity contribution in [3.8, 4) is 11.6 Å². The maximum absolute atomic E-state index is 10.5. The summed E-state index contributed by atoms with van der Waals surface area (Å²) < 4.78 is 33.5. The van der Waals surface area contributed by atoms with Crippen LogP contribution in [-0.4, -0.2) is 23.1 Å². The zero-order valence-electron chi connectivity index (χ0n) is 7.86. The molecule has 0 saturated carbocycles. The van der Waals surface area contributed by atoms with Crippen LogP contribution in [0.1, 0.15) is 0 Å². The number of pyridine rings is 1. The molecule has 0 bridgehead atoms. The number of para-hydroxylation sites is 1. The minimum Gasteiger partial charge on any atom is -0.503 e. The highest BCUT2D eigenvalue weighted by atomic mass is 32.3. The van der Waals surface area contributed by atoms with Gasteiger partial charge in [-0.25, -0.2) is 4.98 Å². The Labute approximate surface area is 91.1 Å². The van der Waals surface area contributed by atoms with Crippen molar-refractivity contribution in [3.63, 3.8) is 0 Å². The zero-order chi connectivity index (χ0) is 11.8. The van der Waals surface area contributed by atoms with Gasteiger partial charge in [0.15, 0.2) is 5.75 Å². The smallest absolute Gasteiger partial charge is 0.448 e. The summed E-state index contributed by atoms with van der Waals surface area (Å²) in [5, 5.41) is 10.0. The molecule has 16 heavy (non-hydrogen) atoms. The Morgan fingerprint density at radius 2 is 1.94 bits per heavy atom. The molecule has 0 radical (unpaired) electrons. The first-order valence-corrected chi connectivity index (χ1v) is 5.58. The number of rotatable bonds is 2. The molecule has 1 aromatic heterocycles. The monoisotopic (exact) mass is 241 g/mol. The summed E-state index contributed by atoms with van der Waals surface area (Å²) in [5.41, 5.74) is 0.443. The van der Waals surface area contributed by atoms with E-state index in [2.05, 4.69) is 9.17 Å². The summed E-state index contributed by atoms with van der Waals surface area (Å²) in [6.07, 6.45) is 0. The van der Waals surface area contributed by atoms with E-state index < -0.39 is 22.0 Å². The van der Waals surface area contributed by atoms with Gasteiger partial charge in [0.1, 0.15) is 0 Å². The van der Waals surface area contributed by atoms with E-state index in [-0.39, 0.29) is 0 Å². The van der Waals surface area contributed by atoms with Gasteiger partial charge in [-0.3, -0.25) is 4.55 Å². The molecule has 2 aromatic rings. The molecule has 0 amide bonds. The number of benzene rings is 1. The van der Waals surface area contributed by atoms with Crippen LogP contribution in [0.25, 0.3) is 10.9 Å². The van der Waals surface area contributed by atoms with E-state index in [4.69, 9.17) is 4.55 Å². The lowest BCUT2D eigenvalue weighted by Gasteiger charge is -2.04. The van der Waals surface area contributed by atoms with Crippen molar-refractivity contribution in [1.82, 2.24) is 4.98 Å². The van der Waals surface area contributed by atoms with E-state index in [1.165, 1.54) is 6.07 Å². The van der Waals surface area contributed by atoms with Gasteiger partial charge in [-0.2, -0.15) is 8.42 Å². The van der Waals surface area contributed by atoms with Crippen LogP contribution in [0.15, 0.2) is 30.3 Å². The second-order valence-corrected chi connectivity index (χ2v) is 4.04. The van der Waals surface area contributed by atoms with Crippen LogP contribution in [0.3, 0.4) is 0 Å². The molecule has 6 nitrogen and oxygen atoms in total. The van der Waals surface area contributed by atoms with Gasteiger partial charge in [0.25, 0.3) is 5.88 Å². The third-order valence-electron chi connectivity index (χ3n) is 1.85. The van der Waals surface area contributed by atoms with Gasteiger partial charge in [-0.1, -0.05) is 18.2 Å². The third-order valence-corrected chi connectivity index (χ3v) is 2.22. The van der Waals surface area contributed by atoms with Crippen LogP contribution in [0.2, 0.25) is 0 Å². The molecule has 1 aromatic carbocycles. The van der Waals surface area contributed by atoms with Crippen LogP contribution in [0, 0.1) is 0 Å². The predicted octanol–water partition coefficient (Wildman–Crippen LogP) is 1.12. The van der Waals surface area contributed by atoms with E-state index in [9.17, 15) is 13.5 Å². The van der Waals surface area contributed by atoms with Gasteiger partial charge in [-0.15, -0.1) is 0 Å². The number of hydrogen-bond acceptors (Lipinski definition) is 5. The molecule has 0 saturated heterocycles. The molecule has 2 N–H and O–H groups in total. The lowest BCUT2D eigenvalue weighted by molar-refractivity contribution is 0.364. The summed E-state index contributed by atoms with van der Waals surface area (Å²) in [6, 6.07) is 8.05. The van der Waals surface area contributed by atoms with Crippen LogP contribution in [0.5, 0.6) is 11.6 Å². The van der Waals surface area contributed by atoms with Crippen molar-refractivity contribution in [2.45, 2.75) is 0 Å². The second kappa shape index (κ2) is 3.62. The zero-order valence-corrected chi connectivity index (χ0v) is 8.68. The van der Waals surface area contributed by atoms with Crippen molar-refractivity contribution < 1.29 is 22.3 Å². The topological polar surface area (TPSA) is 96.7 Å². The normalized spacial score (nSPS) is 11.6. The summed E-state index contributed by atoms with van der Waals surface area (Å²) in [5.74, 6) is -1.02. The molecular formula is C9H7NO5S. The molecule has 0 aliphatic carbocycles. The average Bonchev–Trinajstić information content (AvgIpc) is 2.17. The Balaban J connectivity index is 2.58. The van der Waals surface area contributed by atoms with Crippen molar-refractivity contribution >= 4 is 21.3 Å². The van der Waals surface area contributed by atoms with Gasteiger partial charge in [0.05, 0.1) is 5.52 Å². The fourth-order valence-corrected chi connectivity index (χ4v) is 1.57. The second-order valence-electron chi connectivity index (χ2n) is 3.02. The van der Waals surface area contributed by atoms with Crippen LogP contribution in [0.4, 0.5) is 0 Å². The van der Waals surface area contributed by atoms with Crippen LogP contribution < -0.4 is 4.18 Å². The molecule has 0 fully saturated rings. The highest BCUT2D eigenvalue weighted by Gasteiger charge is 2.13. The lowest BCUT2D eigenvalue weighted by atomic mass is 10.2. The van der Waals surface area contributed by atoms with Crippen molar-refractivity contribution in [1.29, 1.82) is 0 Å². The van der Waals surface area contributed by atoms with E-state index in [0.29, 0.717) is 10.9 Å². The fourth-order valence-electron chi connectivity index (χ4n) is 1.25. The van der Waals surface area contributed by atoms with Gasteiger partial charge in [0.2, 0.25) is 0 Å². The Hall–Kier alpha value is -1.86. The number of aromatic nitrogens is 1. The summed E-state index contributed by atoms with van der Waals surface area (Å²) >= 11 is 0. The summed E-state index contributed by atoms with van der Waals surface area (Å²) in [6.45, 7) is 0. The average molecular weight is 241 g/mol. The maximum atomic E-state index is 10.5. The third kappa shape index (κ3) is 2.20. The first kappa shape index (κ1) is 10.7. The molecule has 7 heteroatoms. The summed E-state index contributed by atoms with van der Waals surface area (Å²) in [7, 11) is -4.69. The number of nitrogens with zero attached hydrogens (tertiary/aromatic N) is 1. The molecule has 1 heterocycles. The molecule has 0 atom stereocenters. The maximum Gasteiger partial charge on any atom is 0.448 e. The van der Waals surface area contributed by atoms with E-state index in [1.807, 2.05) is 0 Å². The van der Waals surface area contributed by atoms with Gasteiger partial charge in [0, 0.05) is 5.39 Å². The number of hydrogen-bond donors (Lipinski definition) is 2. The molecular weight excluding hydrogens is 234 g/mol. The number of fused-ring (bicyclic) bond motifs is 1. The minimum atomic E-state index is -4.69. The Morgan fingerprint density at radius 3 is 2.62 bits per heavy atom. The first-order valence-electron chi connectivity index (χ1n) is 4.21. The Morgan fingerprint density at radius 1 is 1.25 bits per heavy atom. The first-order chi connectivity index (χ1) is 7.46. The molecule has 0 aliphatic heterocycles. The lowest BCUT2D eigenvalue weighted by Crippen LogP contribution is -2.08. The molecule has 84 valence electrons. The molecule has 0 aliphatic rings.